The summed E-state index contributed by atoms with van der Waals surface area (Å²) >= 11 is 0. The van der Waals surface area contributed by atoms with Crippen molar-refractivity contribution in [1.82, 2.24) is 20.6 Å². The van der Waals surface area contributed by atoms with Crippen LogP contribution in [0, 0.1) is 5.92 Å². The number of anilines is 2. The van der Waals surface area contributed by atoms with E-state index in [9.17, 15) is 0 Å². The molecule has 2 N–H and O–H groups in total. The summed E-state index contributed by atoms with van der Waals surface area (Å²) in [6, 6.07) is 7.46. The molecule has 33 heavy (non-hydrogen) atoms. The highest BCUT2D eigenvalue weighted by Gasteiger charge is 2.47. The predicted molar refractivity (Wildman–Crippen MR) is 134 cm³/mol. The van der Waals surface area contributed by atoms with Gasteiger partial charge in [0.15, 0.2) is 0 Å². The molecule has 176 valence electrons. The number of benzene rings is 1. The van der Waals surface area contributed by atoms with E-state index in [4.69, 9.17) is 9.97 Å². The SMILES string of the molecule is CC(C)NCc1cccc2c1C1(CCNCC1)CN2c1ncnc2c1C(C1CCCC1)CC2. The van der Waals surface area contributed by atoms with Gasteiger partial charge in [-0.1, -0.05) is 38.8 Å². The molecule has 1 spiro atoms. The summed E-state index contributed by atoms with van der Waals surface area (Å²) in [6.45, 7) is 8.68. The molecular weight excluding hydrogens is 406 g/mol. The molecule has 3 heterocycles. The van der Waals surface area contributed by atoms with E-state index in [2.05, 4.69) is 47.6 Å². The highest BCUT2D eigenvalue weighted by molar-refractivity contribution is 5.75. The van der Waals surface area contributed by atoms with Gasteiger partial charge in [0.05, 0.1) is 0 Å². The number of nitrogens with zero attached hydrogens (tertiary/aromatic N) is 3. The Hall–Kier alpha value is -1.98. The van der Waals surface area contributed by atoms with E-state index in [0.29, 0.717) is 12.0 Å². The van der Waals surface area contributed by atoms with Gasteiger partial charge in [-0.25, -0.2) is 9.97 Å². The lowest BCUT2D eigenvalue weighted by atomic mass is 9.73. The second-order valence-electron chi connectivity index (χ2n) is 11.2. The van der Waals surface area contributed by atoms with Gasteiger partial charge in [0.1, 0.15) is 12.1 Å². The molecule has 1 unspecified atom stereocenters. The standard InChI is InChI=1S/C28H39N5/c1-19(2)30-16-21-8-5-9-24-26(21)28(12-14-29-15-13-28)17-33(24)27-25-22(20-6-3-4-7-20)10-11-23(25)31-18-32-27/h5,8-9,18-20,22,29-30H,3-4,6-7,10-17H2,1-2H3. The first-order valence-corrected chi connectivity index (χ1v) is 13.3. The summed E-state index contributed by atoms with van der Waals surface area (Å²) in [4.78, 5) is 12.4. The fourth-order valence-electron chi connectivity index (χ4n) is 7.34. The van der Waals surface area contributed by atoms with Crippen LogP contribution in [-0.2, 0) is 18.4 Å². The molecule has 5 nitrogen and oxygen atoms in total. The number of rotatable bonds is 5. The normalized spacial score (nSPS) is 24.1. The van der Waals surface area contributed by atoms with Crippen molar-refractivity contribution >= 4 is 11.5 Å². The predicted octanol–water partition coefficient (Wildman–Crippen LogP) is 4.97. The minimum atomic E-state index is 0.217. The van der Waals surface area contributed by atoms with E-state index in [1.54, 1.807) is 5.56 Å². The molecule has 4 aliphatic rings. The number of hydrogen-bond acceptors (Lipinski definition) is 5. The van der Waals surface area contributed by atoms with Crippen LogP contribution in [0.25, 0.3) is 0 Å². The molecule has 6 rings (SSSR count). The van der Waals surface area contributed by atoms with E-state index in [0.717, 1.165) is 38.5 Å². The average Bonchev–Trinajstić information content (AvgIpc) is 3.56. The summed E-state index contributed by atoms with van der Waals surface area (Å²) < 4.78 is 0. The van der Waals surface area contributed by atoms with E-state index in [1.165, 1.54) is 73.3 Å². The molecule has 0 radical (unpaired) electrons. The molecule has 2 fully saturated rings. The molecular formula is C28H39N5. The first-order chi connectivity index (χ1) is 16.2. The Morgan fingerprint density at radius 1 is 1.12 bits per heavy atom. The van der Waals surface area contributed by atoms with Crippen molar-refractivity contribution in [2.75, 3.05) is 24.5 Å². The van der Waals surface area contributed by atoms with E-state index < -0.39 is 0 Å². The molecule has 0 bridgehead atoms. The zero-order chi connectivity index (χ0) is 22.4. The van der Waals surface area contributed by atoms with Crippen LogP contribution in [0.5, 0.6) is 0 Å². The highest BCUT2D eigenvalue weighted by Crippen LogP contribution is 2.53. The van der Waals surface area contributed by atoms with Gasteiger partial charge >= 0.3 is 0 Å². The number of hydrogen-bond donors (Lipinski definition) is 2. The number of aryl methyl sites for hydroxylation is 1. The van der Waals surface area contributed by atoms with Crippen molar-refractivity contribution in [2.24, 2.45) is 5.92 Å². The number of piperidine rings is 1. The van der Waals surface area contributed by atoms with Crippen LogP contribution < -0.4 is 15.5 Å². The van der Waals surface area contributed by atoms with Crippen molar-refractivity contribution in [3.63, 3.8) is 0 Å². The molecule has 2 aromatic rings. The zero-order valence-corrected chi connectivity index (χ0v) is 20.4. The Morgan fingerprint density at radius 2 is 1.94 bits per heavy atom. The minimum Gasteiger partial charge on any atom is -0.325 e. The molecule has 0 amide bonds. The molecule has 1 aromatic carbocycles. The van der Waals surface area contributed by atoms with Crippen LogP contribution in [0.15, 0.2) is 24.5 Å². The monoisotopic (exact) mass is 445 g/mol. The quantitative estimate of drug-likeness (QED) is 0.681. The molecule has 2 aliphatic heterocycles. The zero-order valence-electron chi connectivity index (χ0n) is 20.4. The summed E-state index contributed by atoms with van der Waals surface area (Å²) in [7, 11) is 0. The van der Waals surface area contributed by atoms with Gasteiger partial charge in [0.25, 0.3) is 0 Å². The molecule has 1 aromatic heterocycles. The van der Waals surface area contributed by atoms with Crippen LogP contribution in [0.1, 0.15) is 87.1 Å². The maximum absolute atomic E-state index is 5.02. The van der Waals surface area contributed by atoms with Crippen molar-refractivity contribution in [3.05, 3.63) is 46.9 Å². The Morgan fingerprint density at radius 3 is 2.73 bits per heavy atom. The lowest BCUT2D eigenvalue weighted by Crippen LogP contribution is -2.43. The summed E-state index contributed by atoms with van der Waals surface area (Å²) in [6.07, 6.45) is 12.2. The Kier molecular flexibility index (Phi) is 5.66. The number of nitrogens with one attached hydrogen (secondary N) is 2. The molecule has 1 atom stereocenters. The third-order valence-corrected chi connectivity index (χ3v) is 8.90. The lowest BCUT2D eigenvalue weighted by Gasteiger charge is -2.36. The number of fused-ring (bicyclic) bond motifs is 3. The minimum absolute atomic E-state index is 0.217. The van der Waals surface area contributed by atoms with Gasteiger partial charge in [0.2, 0.25) is 0 Å². The topological polar surface area (TPSA) is 53.1 Å². The number of aromatic nitrogens is 2. The van der Waals surface area contributed by atoms with Crippen LogP contribution in [0.2, 0.25) is 0 Å². The maximum atomic E-state index is 5.02. The Labute approximate surface area is 198 Å². The molecule has 2 aliphatic carbocycles. The van der Waals surface area contributed by atoms with Crippen LogP contribution in [0.4, 0.5) is 11.5 Å². The lowest BCUT2D eigenvalue weighted by molar-refractivity contribution is 0.326. The smallest absolute Gasteiger partial charge is 0.140 e. The highest BCUT2D eigenvalue weighted by atomic mass is 15.2. The van der Waals surface area contributed by atoms with E-state index in [1.807, 2.05) is 6.33 Å². The van der Waals surface area contributed by atoms with Gasteiger partial charge in [-0.3, -0.25) is 0 Å². The Bertz CT molecular complexity index is 1000. The van der Waals surface area contributed by atoms with Gasteiger partial charge in [-0.2, -0.15) is 0 Å². The van der Waals surface area contributed by atoms with Crippen molar-refractivity contribution in [1.29, 1.82) is 0 Å². The van der Waals surface area contributed by atoms with Crippen LogP contribution >= 0.6 is 0 Å². The van der Waals surface area contributed by atoms with Crippen molar-refractivity contribution in [3.8, 4) is 0 Å². The van der Waals surface area contributed by atoms with E-state index >= 15 is 0 Å². The van der Waals surface area contributed by atoms with Crippen LogP contribution in [0.3, 0.4) is 0 Å². The Balaban J connectivity index is 1.45. The van der Waals surface area contributed by atoms with E-state index in [-0.39, 0.29) is 5.41 Å². The second kappa shape index (κ2) is 8.66. The van der Waals surface area contributed by atoms with Gasteiger partial charge in [-0.05, 0) is 80.6 Å². The average molecular weight is 446 g/mol. The molecule has 1 saturated heterocycles. The summed E-state index contributed by atoms with van der Waals surface area (Å²) in [5.74, 6) is 2.70. The first kappa shape index (κ1) is 21.5. The fraction of sp³-hybridized carbons (Fsp3) is 0.643. The first-order valence-electron chi connectivity index (χ1n) is 13.3. The largest absolute Gasteiger partial charge is 0.325 e. The summed E-state index contributed by atoms with van der Waals surface area (Å²) in [5, 5.41) is 7.31. The van der Waals surface area contributed by atoms with Gasteiger partial charge in [-0.15, -0.1) is 0 Å². The second-order valence-corrected chi connectivity index (χ2v) is 11.2. The maximum Gasteiger partial charge on any atom is 0.140 e. The third-order valence-electron chi connectivity index (χ3n) is 8.90. The van der Waals surface area contributed by atoms with Crippen molar-refractivity contribution < 1.29 is 0 Å². The van der Waals surface area contributed by atoms with Crippen LogP contribution in [-0.4, -0.2) is 35.6 Å². The van der Waals surface area contributed by atoms with Gasteiger partial charge in [0, 0.05) is 41.5 Å². The van der Waals surface area contributed by atoms with Crippen molar-refractivity contribution in [2.45, 2.75) is 89.1 Å². The fourth-order valence-corrected chi connectivity index (χ4v) is 7.34. The molecule has 5 heteroatoms. The summed E-state index contributed by atoms with van der Waals surface area (Å²) in [5.41, 5.74) is 7.49. The third kappa shape index (κ3) is 3.68. The van der Waals surface area contributed by atoms with Gasteiger partial charge < -0.3 is 15.5 Å². The molecule has 1 saturated carbocycles.